The lowest BCUT2D eigenvalue weighted by Crippen LogP contribution is -2.42. The highest BCUT2D eigenvalue weighted by molar-refractivity contribution is 7.07. The van der Waals surface area contributed by atoms with Crippen molar-refractivity contribution in [1.82, 2.24) is 10.2 Å². The second-order valence-electron chi connectivity index (χ2n) is 4.85. The van der Waals surface area contributed by atoms with Crippen molar-refractivity contribution < 1.29 is 9.53 Å². The van der Waals surface area contributed by atoms with Gasteiger partial charge in [0.25, 0.3) is 0 Å². The molecule has 1 aromatic rings. The maximum atomic E-state index is 12.5. The van der Waals surface area contributed by atoms with Crippen LogP contribution in [0.2, 0.25) is 0 Å². The van der Waals surface area contributed by atoms with Gasteiger partial charge in [0.05, 0.1) is 18.7 Å². The zero-order valence-electron chi connectivity index (χ0n) is 11.8. The molecule has 1 saturated heterocycles. The Labute approximate surface area is 118 Å². The predicted octanol–water partition coefficient (Wildman–Crippen LogP) is 2.38. The minimum Gasteiger partial charge on any atom is -0.383 e. The number of methoxy groups -OCH3 is 1. The number of nitrogens with one attached hydrogen (secondary N) is 1. The first-order chi connectivity index (χ1) is 9.22. The highest BCUT2D eigenvalue weighted by atomic mass is 32.1. The van der Waals surface area contributed by atoms with E-state index in [1.807, 2.05) is 11.8 Å². The summed E-state index contributed by atoms with van der Waals surface area (Å²) >= 11 is 1.66. The van der Waals surface area contributed by atoms with Gasteiger partial charge in [-0.15, -0.1) is 0 Å². The van der Waals surface area contributed by atoms with Gasteiger partial charge in [-0.05, 0) is 35.2 Å². The second kappa shape index (κ2) is 6.50. The van der Waals surface area contributed by atoms with Crippen LogP contribution in [-0.4, -0.2) is 36.6 Å². The number of amides is 1. The molecule has 1 N–H and O–H groups in total. The summed E-state index contributed by atoms with van der Waals surface area (Å²) < 4.78 is 5.27. The lowest BCUT2D eigenvalue weighted by atomic mass is 10.1. The zero-order chi connectivity index (χ0) is 13.8. The summed E-state index contributed by atoms with van der Waals surface area (Å²) in [4.78, 5) is 14.5. The molecule has 1 amide bonds. The Morgan fingerprint density at radius 2 is 2.32 bits per heavy atom. The van der Waals surface area contributed by atoms with Gasteiger partial charge in [-0.3, -0.25) is 10.1 Å². The van der Waals surface area contributed by atoms with E-state index in [2.05, 4.69) is 29.1 Å². The van der Waals surface area contributed by atoms with Gasteiger partial charge in [-0.25, -0.2) is 0 Å². The SMILES string of the molecule is CCC1NC(c2ccsc2)N(C(CC)COC)C1=O. The molecule has 1 fully saturated rings. The smallest absolute Gasteiger partial charge is 0.241 e. The number of hydrogen-bond donors (Lipinski definition) is 1. The van der Waals surface area contributed by atoms with E-state index in [9.17, 15) is 4.79 Å². The fourth-order valence-electron chi connectivity index (χ4n) is 2.61. The third kappa shape index (κ3) is 2.83. The molecule has 5 heteroatoms. The molecule has 4 nitrogen and oxygen atoms in total. The van der Waals surface area contributed by atoms with Crippen LogP contribution in [0.4, 0.5) is 0 Å². The summed E-state index contributed by atoms with van der Waals surface area (Å²) in [6, 6.07) is 2.14. The lowest BCUT2D eigenvalue weighted by molar-refractivity contribution is -0.133. The van der Waals surface area contributed by atoms with E-state index in [-0.39, 0.29) is 24.2 Å². The van der Waals surface area contributed by atoms with Gasteiger partial charge in [-0.1, -0.05) is 13.8 Å². The van der Waals surface area contributed by atoms with Crippen LogP contribution in [0.25, 0.3) is 0 Å². The average Bonchev–Trinajstić information content (AvgIpc) is 3.04. The molecule has 3 atom stereocenters. The number of ether oxygens (including phenoxy) is 1. The van der Waals surface area contributed by atoms with Gasteiger partial charge in [0.15, 0.2) is 0 Å². The van der Waals surface area contributed by atoms with Crippen LogP contribution in [-0.2, 0) is 9.53 Å². The fourth-order valence-corrected chi connectivity index (χ4v) is 3.29. The van der Waals surface area contributed by atoms with Crippen LogP contribution in [0.3, 0.4) is 0 Å². The van der Waals surface area contributed by atoms with Crippen molar-refractivity contribution >= 4 is 17.2 Å². The predicted molar refractivity (Wildman–Crippen MR) is 77.1 cm³/mol. The molecule has 0 saturated carbocycles. The van der Waals surface area contributed by atoms with Crippen molar-refractivity contribution in [3.05, 3.63) is 22.4 Å². The van der Waals surface area contributed by atoms with Crippen LogP contribution in [0, 0.1) is 0 Å². The number of rotatable bonds is 6. The Morgan fingerprint density at radius 3 is 2.84 bits per heavy atom. The second-order valence-corrected chi connectivity index (χ2v) is 5.63. The Hall–Kier alpha value is -0.910. The maximum absolute atomic E-state index is 12.5. The summed E-state index contributed by atoms with van der Waals surface area (Å²) in [5, 5.41) is 7.60. The molecular weight excluding hydrogens is 260 g/mol. The Morgan fingerprint density at radius 1 is 1.53 bits per heavy atom. The first-order valence-corrected chi connectivity index (χ1v) is 7.76. The van der Waals surface area contributed by atoms with Gasteiger partial charge in [0, 0.05) is 7.11 Å². The van der Waals surface area contributed by atoms with E-state index in [0.29, 0.717) is 6.61 Å². The quantitative estimate of drug-likeness (QED) is 0.871. The Balaban J connectivity index is 2.26. The number of nitrogens with zero attached hydrogens (tertiary/aromatic N) is 1. The highest BCUT2D eigenvalue weighted by Gasteiger charge is 2.41. The number of hydrogen-bond acceptors (Lipinski definition) is 4. The van der Waals surface area contributed by atoms with Gasteiger partial charge in [0.2, 0.25) is 5.91 Å². The maximum Gasteiger partial charge on any atom is 0.241 e. The standard InChI is InChI=1S/C14H22N2O2S/c1-4-11(8-18-3)16-13(10-6-7-19-9-10)15-12(5-2)14(16)17/h6-7,9,11-13,15H,4-5,8H2,1-3H3. The minimum atomic E-state index is -0.0733. The molecule has 3 unspecified atom stereocenters. The molecule has 106 valence electrons. The van der Waals surface area contributed by atoms with Crippen molar-refractivity contribution in [1.29, 1.82) is 0 Å². The third-order valence-electron chi connectivity index (χ3n) is 3.68. The molecule has 2 rings (SSSR count). The molecule has 0 bridgehead atoms. The number of carbonyl (C=O) groups is 1. The number of thiophene rings is 1. The summed E-state index contributed by atoms with van der Waals surface area (Å²) in [6.07, 6.45) is 1.71. The molecular formula is C14H22N2O2S. The summed E-state index contributed by atoms with van der Waals surface area (Å²) in [5.41, 5.74) is 1.17. The van der Waals surface area contributed by atoms with Crippen molar-refractivity contribution in [2.75, 3.05) is 13.7 Å². The lowest BCUT2D eigenvalue weighted by Gasteiger charge is -2.31. The number of carbonyl (C=O) groups excluding carboxylic acids is 1. The molecule has 0 radical (unpaired) electrons. The Kier molecular flexibility index (Phi) is 4.96. The van der Waals surface area contributed by atoms with Gasteiger partial charge >= 0.3 is 0 Å². The van der Waals surface area contributed by atoms with Crippen LogP contribution in [0.5, 0.6) is 0 Å². The van der Waals surface area contributed by atoms with Crippen LogP contribution < -0.4 is 5.32 Å². The molecule has 0 aromatic carbocycles. The van der Waals surface area contributed by atoms with Crippen molar-refractivity contribution in [3.8, 4) is 0 Å². The molecule has 0 spiro atoms. The molecule has 1 aromatic heterocycles. The van der Waals surface area contributed by atoms with Crippen LogP contribution >= 0.6 is 11.3 Å². The van der Waals surface area contributed by atoms with Crippen LogP contribution in [0.15, 0.2) is 16.8 Å². The van der Waals surface area contributed by atoms with E-state index in [1.54, 1.807) is 18.4 Å². The molecule has 2 heterocycles. The van der Waals surface area contributed by atoms with Crippen molar-refractivity contribution in [2.45, 2.75) is 44.9 Å². The topological polar surface area (TPSA) is 41.6 Å². The molecule has 19 heavy (non-hydrogen) atoms. The Bertz CT molecular complexity index is 408. The molecule has 1 aliphatic rings. The first-order valence-electron chi connectivity index (χ1n) is 6.82. The monoisotopic (exact) mass is 282 g/mol. The van der Waals surface area contributed by atoms with Gasteiger partial charge in [-0.2, -0.15) is 11.3 Å². The van der Waals surface area contributed by atoms with E-state index in [1.165, 1.54) is 5.56 Å². The van der Waals surface area contributed by atoms with Crippen molar-refractivity contribution in [2.24, 2.45) is 0 Å². The largest absolute Gasteiger partial charge is 0.383 e. The normalized spacial score (nSPS) is 25.0. The molecule has 0 aliphatic carbocycles. The average molecular weight is 282 g/mol. The third-order valence-corrected chi connectivity index (χ3v) is 4.38. The van der Waals surface area contributed by atoms with E-state index in [4.69, 9.17) is 4.74 Å². The first kappa shape index (κ1) is 14.5. The molecule has 1 aliphatic heterocycles. The van der Waals surface area contributed by atoms with Gasteiger partial charge in [0.1, 0.15) is 6.17 Å². The van der Waals surface area contributed by atoms with Gasteiger partial charge < -0.3 is 9.64 Å². The highest BCUT2D eigenvalue weighted by Crippen LogP contribution is 2.30. The zero-order valence-corrected chi connectivity index (χ0v) is 12.6. The summed E-state index contributed by atoms with van der Waals surface area (Å²) in [6.45, 7) is 4.73. The van der Waals surface area contributed by atoms with Crippen LogP contribution in [0.1, 0.15) is 38.4 Å². The minimum absolute atomic E-state index is 0.0104. The van der Waals surface area contributed by atoms with E-state index < -0.39 is 0 Å². The van der Waals surface area contributed by atoms with E-state index in [0.717, 1.165) is 12.8 Å². The van der Waals surface area contributed by atoms with Crippen molar-refractivity contribution in [3.63, 3.8) is 0 Å². The van der Waals surface area contributed by atoms with E-state index >= 15 is 0 Å². The fraction of sp³-hybridized carbons (Fsp3) is 0.643. The summed E-state index contributed by atoms with van der Waals surface area (Å²) in [7, 11) is 1.69. The summed E-state index contributed by atoms with van der Waals surface area (Å²) in [5.74, 6) is 0.197.